The Balaban J connectivity index is 1.92. The molecule has 0 aliphatic heterocycles. The molecular formula is C12H19N3O. The molecule has 2 N–H and O–H groups in total. The Morgan fingerprint density at radius 2 is 2.38 bits per heavy atom. The van der Waals surface area contributed by atoms with Gasteiger partial charge < -0.3 is 10.3 Å². The van der Waals surface area contributed by atoms with Crippen LogP contribution in [0.1, 0.15) is 31.5 Å². The number of imidazole rings is 1. The molecule has 0 amide bonds. The van der Waals surface area contributed by atoms with Crippen LogP contribution in [0.2, 0.25) is 0 Å². The topological polar surface area (TPSA) is 60.9 Å². The minimum absolute atomic E-state index is 0.113. The number of aromatic nitrogens is 2. The highest BCUT2D eigenvalue weighted by molar-refractivity contribution is 5.81. The number of carbonyl (C=O) groups is 1. The van der Waals surface area contributed by atoms with Gasteiger partial charge in [0.1, 0.15) is 11.6 Å². The second-order valence-electron chi connectivity index (χ2n) is 4.90. The van der Waals surface area contributed by atoms with Crippen LogP contribution >= 0.6 is 0 Å². The Morgan fingerprint density at radius 1 is 1.62 bits per heavy atom. The van der Waals surface area contributed by atoms with E-state index in [0.717, 1.165) is 18.7 Å². The lowest BCUT2D eigenvalue weighted by Crippen LogP contribution is -2.39. The smallest absolute Gasteiger partial charge is 0.141 e. The molecule has 0 aromatic carbocycles. The highest BCUT2D eigenvalue weighted by atomic mass is 16.1. The van der Waals surface area contributed by atoms with Crippen molar-refractivity contribution < 1.29 is 4.79 Å². The number of rotatable bonds is 5. The summed E-state index contributed by atoms with van der Waals surface area (Å²) in [5, 5.41) is 0. The van der Waals surface area contributed by atoms with Crippen LogP contribution in [0.5, 0.6) is 0 Å². The van der Waals surface area contributed by atoms with Crippen molar-refractivity contribution in [1.29, 1.82) is 0 Å². The van der Waals surface area contributed by atoms with Crippen molar-refractivity contribution in [3.05, 3.63) is 18.2 Å². The molecule has 1 aromatic heterocycles. The Morgan fingerprint density at radius 3 is 2.81 bits per heavy atom. The van der Waals surface area contributed by atoms with Crippen molar-refractivity contribution in [3.63, 3.8) is 0 Å². The van der Waals surface area contributed by atoms with Crippen molar-refractivity contribution in [2.45, 2.75) is 32.1 Å². The molecule has 16 heavy (non-hydrogen) atoms. The van der Waals surface area contributed by atoms with Gasteiger partial charge in [0.05, 0.1) is 6.42 Å². The van der Waals surface area contributed by atoms with E-state index in [1.54, 1.807) is 6.20 Å². The molecule has 0 saturated heterocycles. The van der Waals surface area contributed by atoms with Crippen LogP contribution in [0, 0.1) is 5.41 Å². The van der Waals surface area contributed by atoms with Gasteiger partial charge in [-0.25, -0.2) is 4.98 Å². The molecule has 0 spiro atoms. The maximum atomic E-state index is 11.9. The Bertz CT molecular complexity index is 374. The van der Waals surface area contributed by atoms with Crippen molar-refractivity contribution >= 4 is 5.78 Å². The summed E-state index contributed by atoms with van der Waals surface area (Å²) >= 11 is 0. The first kappa shape index (κ1) is 11.3. The first-order valence-corrected chi connectivity index (χ1v) is 5.83. The van der Waals surface area contributed by atoms with Crippen molar-refractivity contribution in [2.24, 2.45) is 18.2 Å². The third-order valence-corrected chi connectivity index (χ3v) is 3.70. The number of nitrogens with zero attached hydrogens (tertiary/aromatic N) is 2. The first-order valence-electron chi connectivity index (χ1n) is 5.83. The number of hydrogen-bond acceptors (Lipinski definition) is 3. The predicted molar refractivity (Wildman–Crippen MR) is 61.9 cm³/mol. The van der Waals surface area contributed by atoms with E-state index in [2.05, 4.69) is 4.98 Å². The largest absolute Gasteiger partial charge is 0.338 e. The SMILES string of the molecule is Cn1ccnc1CC(=O)CC1(CN)CCC1. The van der Waals surface area contributed by atoms with E-state index in [0.29, 0.717) is 19.4 Å². The molecule has 0 bridgehead atoms. The van der Waals surface area contributed by atoms with Gasteiger partial charge in [0.2, 0.25) is 0 Å². The summed E-state index contributed by atoms with van der Waals surface area (Å²) in [5.41, 5.74) is 5.86. The zero-order valence-corrected chi connectivity index (χ0v) is 9.78. The summed E-state index contributed by atoms with van der Waals surface area (Å²) in [6.45, 7) is 0.638. The van der Waals surface area contributed by atoms with Gasteiger partial charge in [-0.1, -0.05) is 6.42 Å². The van der Waals surface area contributed by atoms with E-state index in [1.807, 2.05) is 17.8 Å². The van der Waals surface area contributed by atoms with Gasteiger partial charge in [0.25, 0.3) is 0 Å². The second-order valence-corrected chi connectivity index (χ2v) is 4.90. The standard InChI is InChI=1S/C12H19N3O/c1-15-6-5-14-11(15)7-10(16)8-12(9-13)3-2-4-12/h5-6H,2-4,7-9,13H2,1H3. The Hall–Kier alpha value is -1.16. The second kappa shape index (κ2) is 4.37. The van der Waals surface area contributed by atoms with Crippen LogP contribution in [0.15, 0.2) is 12.4 Å². The lowest BCUT2D eigenvalue weighted by Gasteiger charge is -2.40. The average Bonchev–Trinajstić information content (AvgIpc) is 2.58. The van der Waals surface area contributed by atoms with Gasteiger partial charge in [-0.05, 0) is 24.8 Å². The molecule has 0 radical (unpaired) electrons. The minimum Gasteiger partial charge on any atom is -0.338 e. The lowest BCUT2D eigenvalue weighted by molar-refractivity contribution is -0.122. The molecule has 1 fully saturated rings. The highest BCUT2D eigenvalue weighted by Gasteiger charge is 2.37. The summed E-state index contributed by atoms with van der Waals surface area (Å²) in [6.07, 6.45) is 8.08. The number of hydrogen-bond donors (Lipinski definition) is 1. The van der Waals surface area contributed by atoms with E-state index in [9.17, 15) is 4.79 Å². The minimum atomic E-state index is 0.113. The normalized spacial score (nSPS) is 18.1. The zero-order chi connectivity index (χ0) is 11.6. The van der Waals surface area contributed by atoms with Crippen molar-refractivity contribution in [1.82, 2.24) is 9.55 Å². The Labute approximate surface area is 95.9 Å². The molecule has 1 aliphatic rings. The molecule has 0 unspecified atom stereocenters. The van der Waals surface area contributed by atoms with Crippen LogP contribution in [0.25, 0.3) is 0 Å². The molecule has 1 aliphatic carbocycles. The predicted octanol–water partition coefficient (Wildman–Crippen LogP) is 1.05. The average molecular weight is 221 g/mol. The van der Waals surface area contributed by atoms with E-state index >= 15 is 0 Å². The van der Waals surface area contributed by atoms with Crippen molar-refractivity contribution in [2.75, 3.05) is 6.54 Å². The maximum Gasteiger partial charge on any atom is 0.141 e. The van der Waals surface area contributed by atoms with Crippen LogP contribution in [0.3, 0.4) is 0 Å². The summed E-state index contributed by atoms with van der Waals surface area (Å²) in [6, 6.07) is 0. The van der Waals surface area contributed by atoms with E-state index < -0.39 is 0 Å². The van der Waals surface area contributed by atoms with Crippen molar-refractivity contribution in [3.8, 4) is 0 Å². The summed E-state index contributed by atoms with van der Waals surface area (Å²) in [4.78, 5) is 16.1. The summed E-state index contributed by atoms with van der Waals surface area (Å²) in [7, 11) is 1.91. The van der Waals surface area contributed by atoms with E-state index in [4.69, 9.17) is 5.73 Å². The summed E-state index contributed by atoms with van der Waals surface area (Å²) < 4.78 is 1.90. The van der Waals surface area contributed by atoms with Crippen LogP contribution in [0.4, 0.5) is 0 Å². The van der Waals surface area contributed by atoms with E-state index in [1.165, 1.54) is 6.42 Å². The fourth-order valence-corrected chi connectivity index (χ4v) is 2.35. The third-order valence-electron chi connectivity index (χ3n) is 3.70. The van der Waals surface area contributed by atoms with Crippen LogP contribution in [-0.4, -0.2) is 21.9 Å². The maximum absolute atomic E-state index is 11.9. The van der Waals surface area contributed by atoms with Gasteiger partial charge in [-0.15, -0.1) is 0 Å². The molecule has 88 valence electrons. The number of Topliss-reactive ketones (excluding diaryl/α,β-unsaturated/α-hetero) is 1. The highest BCUT2D eigenvalue weighted by Crippen LogP contribution is 2.43. The summed E-state index contributed by atoms with van der Waals surface area (Å²) in [5.74, 6) is 1.11. The molecule has 2 rings (SSSR count). The van der Waals surface area contributed by atoms with Gasteiger partial charge in [-0.2, -0.15) is 0 Å². The third kappa shape index (κ3) is 2.16. The quantitative estimate of drug-likeness (QED) is 0.808. The monoisotopic (exact) mass is 221 g/mol. The number of nitrogens with two attached hydrogens (primary N) is 1. The molecule has 4 nitrogen and oxygen atoms in total. The molecule has 4 heteroatoms. The fourth-order valence-electron chi connectivity index (χ4n) is 2.35. The van der Waals surface area contributed by atoms with Gasteiger partial charge in [0.15, 0.2) is 0 Å². The first-order chi connectivity index (χ1) is 7.65. The van der Waals surface area contributed by atoms with Gasteiger partial charge in [0, 0.05) is 25.9 Å². The molecule has 1 aromatic rings. The lowest BCUT2D eigenvalue weighted by atomic mass is 9.66. The molecule has 0 atom stereocenters. The number of ketones is 1. The zero-order valence-electron chi connectivity index (χ0n) is 9.78. The number of aryl methyl sites for hydroxylation is 1. The fraction of sp³-hybridized carbons (Fsp3) is 0.667. The van der Waals surface area contributed by atoms with Crippen LogP contribution in [-0.2, 0) is 18.3 Å². The number of carbonyl (C=O) groups excluding carboxylic acids is 1. The van der Waals surface area contributed by atoms with Gasteiger partial charge >= 0.3 is 0 Å². The van der Waals surface area contributed by atoms with E-state index in [-0.39, 0.29) is 11.2 Å². The van der Waals surface area contributed by atoms with Crippen LogP contribution < -0.4 is 5.73 Å². The molecular weight excluding hydrogens is 202 g/mol. The molecule has 1 saturated carbocycles. The molecule has 1 heterocycles. The Kier molecular flexibility index (Phi) is 3.10. The van der Waals surface area contributed by atoms with Gasteiger partial charge in [-0.3, -0.25) is 4.79 Å².